The number of rotatable bonds is 3. The first-order chi connectivity index (χ1) is 9.29. The second-order valence-corrected chi connectivity index (χ2v) is 6.24. The highest BCUT2D eigenvalue weighted by molar-refractivity contribution is 7.92. The maximum Gasteiger partial charge on any atom is 0.266 e. The lowest BCUT2D eigenvalue weighted by molar-refractivity contribution is 0.600. The zero-order valence-electron chi connectivity index (χ0n) is 9.65. The van der Waals surface area contributed by atoms with Crippen LogP contribution < -0.4 is 10.3 Å². The first kappa shape index (κ1) is 14.8. The van der Waals surface area contributed by atoms with Gasteiger partial charge in [0.25, 0.3) is 15.6 Å². The Labute approximate surface area is 123 Å². The molecule has 1 aromatic carbocycles. The van der Waals surface area contributed by atoms with Gasteiger partial charge in [-0.15, -0.1) is 0 Å². The molecular weight excluding hydrogens is 330 g/mol. The number of sulfonamides is 1. The summed E-state index contributed by atoms with van der Waals surface area (Å²) in [5, 5.41) is -0.247. The van der Waals surface area contributed by atoms with Crippen molar-refractivity contribution in [1.29, 1.82) is 0 Å². The largest absolute Gasteiger partial charge is 0.326 e. The van der Waals surface area contributed by atoms with Gasteiger partial charge in [0, 0.05) is 6.20 Å². The van der Waals surface area contributed by atoms with Crippen molar-refractivity contribution in [2.45, 2.75) is 4.90 Å². The zero-order chi connectivity index (χ0) is 14.9. The van der Waals surface area contributed by atoms with Crippen molar-refractivity contribution in [2.75, 3.05) is 4.72 Å². The summed E-state index contributed by atoms with van der Waals surface area (Å²) in [7, 11) is -4.05. The van der Waals surface area contributed by atoms with E-state index in [9.17, 15) is 17.6 Å². The predicted octanol–water partition coefficient (Wildman–Crippen LogP) is 2.62. The van der Waals surface area contributed by atoms with Gasteiger partial charge in [-0.1, -0.05) is 23.2 Å². The number of hydrogen-bond donors (Lipinski definition) is 2. The van der Waals surface area contributed by atoms with E-state index in [4.69, 9.17) is 23.2 Å². The minimum Gasteiger partial charge on any atom is -0.326 e. The Kier molecular flexibility index (Phi) is 4.03. The minimum absolute atomic E-state index is 0.0329. The highest BCUT2D eigenvalue weighted by Gasteiger charge is 2.17. The molecule has 0 spiro atoms. The number of benzene rings is 1. The number of H-pyrrole nitrogens is 1. The van der Waals surface area contributed by atoms with Gasteiger partial charge >= 0.3 is 0 Å². The van der Waals surface area contributed by atoms with Crippen LogP contribution in [0.25, 0.3) is 0 Å². The minimum atomic E-state index is -4.05. The number of hydrogen-bond acceptors (Lipinski definition) is 3. The van der Waals surface area contributed by atoms with Gasteiger partial charge in [-0.25, -0.2) is 12.8 Å². The van der Waals surface area contributed by atoms with Gasteiger partial charge in [-0.2, -0.15) is 0 Å². The van der Waals surface area contributed by atoms with Crippen LogP contribution in [0.2, 0.25) is 10.0 Å². The van der Waals surface area contributed by atoms with Gasteiger partial charge in [-0.05, 0) is 24.3 Å². The van der Waals surface area contributed by atoms with E-state index in [1.807, 2.05) is 0 Å². The molecule has 0 fully saturated rings. The summed E-state index contributed by atoms with van der Waals surface area (Å²) in [6.45, 7) is 0. The molecule has 0 atom stereocenters. The molecule has 9 heteroatoms. The fourth-order valence-electron chi connectivity index (χ4n) is 1.37. The van der Waals surface area contributed by atoms with Crippen LogP contribution in [0.4, 0.5) is 10.1 Å². The predicted molar refractivity (Wildman–Crippen MR) is 74.3 cm³/mol. The monoisotopic (exact) mass is 336 g/mol. The van der Waals surface area contributed by atoms with Gasteiger partial charge in [0.1, 0.15) is 15.7 Å². The van der Waals surface area contributed by atoms with E-state index in [-0.39, 0.29) is 20.6 Å². The fourth-order valence-corrected chi connectivity index (χ4v) is 2.89. The molecule has 0 amide bonds. The molecule has 2 N–H and O–H groups in total. The number of pyridine rings is 1. The van der Waals surface area contributed by atoms with E-state index in [1.165, 1.54) is 6.07 Å². The van der Waals surface area contributed by atoms with Crippen LogP contribution in [0.5, 0.6) is 0 Å². The Morgan fingerprint density at radius 1 is 1.15 bits per heavy atom. The van der Waals surface area contributed by atoms with Crippen LogP contribution in [0.1, 0.15) is 0 Å². The number of aromatic amines is 1. The lowest BCUT2D eigenvalue weighted by Gasteiger charge is -2.09. The van der Waals surface area contributed by atoms with E-state index in [0.29, 0.717) is 0 Å². The second kappa shape index (κ2) is 5.43. The number of nitrogens with one attached hydrogen (secondary N) is 2. The molecule has 20 heavy (non-hydrogen) atoms. The molecule has 2 aromatic rings. The van der Waals surface area contributed by atoms with Crippen LogP contribution in [-0.2, 0) is 10.0 Å². The van der Waals surface area contributed by atoms with Crippen LogP contribution in [-0.4, -0.2) is 13.4 Å². The van der Waals surface area contributed by atoms with Crippen LogP contribution >= 0.6 is 23.2 Å². The Morgan fingerprint density at radius 2 is 1.85 bits per heavy atom. The molecule has 0 aliphatic rings. The zero-order valence-corrected chi connectivity index (χ0v) is 12.0. The van der Waals surface area contributed by atoms with Gasteiger partial charge in [-0.3, -0.25) is 9.52 Å². The summed E-state index contributed by atoms with van der Waals surface area (Å²) in [5.41, 5.74) is -0.733. The van der Waals surface area contributed by atoms with Crippen molar-refractivity contribution < 1.29 is 12.8 Å². The standard InChI is InChI=1S/C11H7Cl2FN2O3S/c12-8-2-1-6(14)3-10(8)16-20(18,19)7-4-9(13)11(17)15-5-7/h1-5,16H,(H,15,17). The van der Waals surface area contributed by atoms with Crippen LogP contribution in [0.15, 0.2) is 40.2 Å². The van der Waals surface area contributed by atoms with Crippen LogP contribution in [0, 0.1) is 5.82 Å². The Hall–Kier alpha value is -1.57. The smallest absolute Gasteiger partial charge is 0.266 e. The highest BCUT2D eigenvalue weighted by atomic mass is 35.5. The third-order valence-corrected chi connectivity index (χ3v) is 4.27. The topological polar surface area (TPSA) is 79.0 Å². The molecule has 106 valence electrons. The molecule has 1 heterocycles. The molecule has 5 nitrogen and oxygen atoms in total. The summed E-state index contributed by atoms with van der Waals surface area (Å²) in [6.07, 6.45) is 0.976. The van der Waals surface area contributed by atoms with Crippen molar-refractivity contribution in [3.63, 3.8) is 0 Å². The Morgan fingerprint density at radius 3 is 2.50 bits per heavy atom. The summed E-state index contributed by atoms with van der Waals surface area (Å²) in [4.78, 5) is 13.0. The van der Waals surface area contributed by atoms with Crippen molar-refractivity contribution in [3.05, 3.63) is 56.7 Å². The first-order valence-corrected chi connectivity index (χ1v) is 7.39. The molecule has 0 aliphatic carbocycles. The van der Waals surface area contributed by atoms with Gasteiger partial charge < -0.3 is 4.98 Å². The van der Waals surface area contributed by atoms with Crippen molar-refractivity contribution in [2.24, 2.45) is 0 Å². The van der Waals surface area contributed by atoms with Crippen molar-refractivity contribution >= 4 is 38.9 Å². The first-order valence-electron chi connectivity index (χ1n) is 5.16. The van der Waals surface area contributed by atoms with Crippen molar-refractivity contribution in [1.82, 2.24) is 4.98 Å². The van der Waals surface area contributed by atoms with E-state index < -0.39 is 21.4 Å². The molecule has 2 rings (SSSR count). The van der Waals surface area contributed by atoms with Gasteiger partial charge in [0.05, 0.1) is 10.7 Å². The maximum absolute atomic E-state index is 13.1. The third kappa shape index (κ3) is 3.12. The second-order valence-electron chi connectivity index (χ2n) is 3.74. The molecule has 0 radical (unpaired) electrons. The lowest BCUT2D eigenvalue weighted by atomic mass is 10.3. The van der Waals surface area contributed by atoms with E-state index >= 15 is 0 Å². The highest BCUT2D eigenvalue weighted by Crippen LogP contribution is 2.25. The summed E-state index contributed by atoms with van der Waals surface area (Å²) >= 11 is 11.3. The van der Waals surface area contributed by atoms with E-state index in [2.05, 4.69) is 9.71 Å². The molecule has 0 saturated carbocycles. The van der Waals surface area contributed by atoms with Gasteiger partial charge in [0.15, 0.2) is 0 Å². The summed E-state index contributed by atoms with van der Waals surface area (Å²) in [5.74, 6) is -0.647. The average molecular weight is 337 g/mol. The maximum atomic E-state index is 13.1. The third-order valence-electron chi connectivity index (χ3n) is 2.31. The number of anilines is 1. The average Bonchev–Trinajstić information content (AvgIpc) is 2.36. The Bertz CT molecular complexity index is 821. The van der Waals surface area contributed by atoms with Gasteiger partial charge in [0.2, 0.25) is 0 Å². The summed E-state index contributed by atoms with van der Waals surface area (Å²) in [6, 6.07) is 4.23. The quantitative estimate of drug-likeness (QED) is 0.904. The molecule has 1 aromatic heterocycles. The SMILES string of the molecule is O=c1[nH]cc(S(=O)(=O)Nc2cc(F)ccc2Cl)cc1Cl. The van der Waals surface area contributed by atoms with E-state index in [0.717, 1.165) is 24.4 Å². The number of aromatic nitrogens is 1. The number of halogens is 3. The van der Waals surface area contributed by atoms with E-state index in [1.54, 1.807) is 0 Å². The molecule has 0 aliphatic heterocycles. The molecule has 0 saturated heterocycles. The molecular formula is C11H7Cl2FN2O3S. The summed E-state index contributed by atoms with van der Waals surface area (Å²) < 4.78 is 39.3. The van der Waals surface area contributed by atoms with Crippen LogP contribution in [0.3, 0.4) is 0 Å². The Balaban J connectivity index is 2.43. The lowest BCUT2D eigenvalue weighted by Crippen LogP contribution is -2.16. The fraction of sp³-hybridized carbons (Fsp3) is 0. The molecule has 0 unspecified atom stereocenters. The van der Waals surface area contributed by atoms with Crippen molar-refractivity contribution in [3.8, 4) is 0 Å². The molecule has 0 bridgehead atoms. The normalized spacial score (nSPS) is 11.3.